The van der Waals surface area contributed by atoms with E-state index in [4.69, 9.17) is 18.9 Å². The van der Waals surface area contributed by atoms with Crippen LogP contribution in [0.25, 0.3) is 0 Å². The van der Waals surface area contributed by atoms with E-state index in [1.807, 2.05) is 0 Å². The highest BCUT2D eigenvalue weighted by Crippen LogP contribution is 2.12. The molecular weight excluding hydrogens is 222 g/mol. The maximum atomic E-state index is 5.31. The molecule has 0 aliphatic heterocycles. The van der Waals surface area contributed by atoms with Crippen LogP contribution in [0.2, 0.25) is 0 Å². The Hall–Kier alpha value is -0.200. The minimum Gasteiger partial charge on any atom is -0.359 e. The lowest BCUT2D eigenvalue weighted by Crippen LogP contribution is -2.45. The average Bonchev–Trinajstić information content (AvgIpc) is 2.25. The first-order chi connectivity index (χ1) is 8.02. The Labute approximate surface area is 105 Å². The summed E-state index contributed by atoms with van der Waals surface area (Å²) in [4.78, 5) is 2.32. The third-order valence-electron chi connectivity index (χ3n) is 2.36. The third-order valence-corrected chi connectivity index (χ3v) is 2.36. The van der Waals surface area contributed by atoms with Crippen molar-refractivity contribution in [2.24, 2.45) is 0 Å². The summed E-state index contributed by atoms with van der Waals surface area (Å²) in [5.74, 6) is 0. The van der Waals surface area contributed by atoms with Gasteiger partial charge in [-0.3, -0.25) is 4.90 Å². The standard InChI is InChI=1S/C12H27NO4/c1-12(2,3)13(6-8-16-10-14-4)7-9-17-11-15-5/h6-11H2,1-5H3. The second-order valence-corrected chi connectivity index (χ2v) is 4.79. The monoisotopic (exact) mass is 249 g/mol. The van der Waals surface area contributed by atoms with Crippen molar-refractivity contribution in [1.29, 1.82) is 0 Å². The molecule has 0 spiro atoms. The third kappa shape index (κ3) is 9.50. The van der Waals surface area contributed by atoms with Gasteiger partial charge in [-0.05, 0) is 20.8 Å². The number of hydrogen-bond donors (Lipinski definition) is 0. The van der Waals surface area contributed by atoms with E-state index in [0.29, 0.717) is 26.8 Å². The zero-order chi connectivity index (χ0) is 13.1. The fourth-order valence-corrected chi connectivity index (χ4v) is 1.42. The molecule has 0 fully saturated rings. The lowest BCUT2D eigenvalue weighted by molar-refractivity contribution is -0.0584. The van der Waals surface area contributed by atoms with E-state index in [2.05, 4.69) is 25.7 Å². The fourth-order valence-electron chi connectivity index (χ4n) is 1.42. The summed E-state index contributed by atoms with van der Waals surface area (Å²) in [6.07, 6.45) is 0. The highest BCUT2D eigenvalue weighted by atomic mass is 16.7. The van der Waals surface area contributed by atoms with Crippen molar-refractivity contribution in [2.75, 3.05) is 54.1 Å². The molecule has 0 saturated heterocycles. The Morgan fingerprint density at radius 1 is 0.824 bits per heavy atom. The van der Waals surface area contributed by atoms with Crippen molar-refractivity contribution in [2.45, 2.75) is 26.3 Å². The highest BCUT2D eigenvalue weighted by molar-refractivity contribution is 4.75. The molecule has 0 saturated carbocycles. The Morgan fingerprint density at radius 3 is 1.53 bits per heavy atom. The molecule has 0 atom stereocenters. The molecular formula is C12H27NO4. The van der Waals surface area contributed by atoms with Gasteiger partial charge in [-0.1, -0.05) is 0 Å². The minimum absolute atomic E-state index is 0.104. The Kier molecular flexibility index (Phi) is 9.68. The Balaban J connectivity index is 3.81. The summed E-state index contributed by atoms with van der Waals surface area (Å²) in [6, 6.07) is 0. The fraction of sp³-hybridized carbons (Fsp3) is 1.00. The number of ether oxygens (including phenoxy) is 4. The molecule has 0 N–H and O–H groups in total. The Bertz CT molecular complexity index is 158. The summed E-state index contributed by atoms with van der Waals surface area (Å²) >= 11 is 0. The van der Waals surface area contributed by atoms with Crippen molar-refractivity contribution in [1.82, 2.24) is 4.90 Å². The molecule has 0 radical (unpaired) electrons. The van der Waals surface area contributed by atoms with Gasteiger partial charge in [-0.25, -0.2) is 0 Å². The molecule has 0 rings (SSSR count). The molecule has 17 heavy (non-hydrogen) atoms. The van der Waals surface area contributed by atoms with Crippen LogP contribution in [0.4, 0.5) is 0 Å². The van der Waals surface area contributed by atoms with Crippen LogP contribution in [0.1, 0.15) is 20.8 Å². The molecule has 0 aromatic rings. The van der Waals surface area contributed by atoms with E-state index in [1.165, 1.54) is 0 Å². The Morgan fingerprint density at radius 2 is 1.24 bits per heavy atom. The van der Waals surface area contributed by atoms with Gasteiger partial charge in [0.2, 0.25) is 0 Å². The van der Waals surface area contributed by atoms with Crippen LogP contribution in [-0.2, 0) is 18.9 Å². The molecule has 104 valence electrons. The minimum atomic E-state index is 0.104. The van der Waals surface area contributed by atoms with Crippen molar-refractivity contribution >= 4 is 0 Å². The largest absolute Gasteiger partial charge is 0.359 e. The van der Waals surface area contributed by atoms with Crippen LogP contribution in [-0.4, -0.2) is 64.5 Å². The van der Waals surface area contributed by atoms with E-state index in [9.17, 15) is 0 Å². The lowest BCUT2D eigenvalue weighted by Gasteiger charge is -2.35. The van der Waals surface area contributed by atoms with E-state index in [-0.39, 0.29) is 5.54 Å². The van der Waals surface area contributed by atoms with Crippen molar-refractivity contribution < 1.29 is 18.9 Å². The van der Waals surface area contributed by atoms with Gasteiger partial charge in [-0.2, -0.15) is 0 Å². The van der Waals surface area contributed by atoms with Gasteiger partial charge in [0.25, 0.3) is 0 Å². The van der Waals surface area contributed by atoms with Gasteiger partial charge in [-0.15, -0.1) is 0 Å². The van der Waals surface area contributed by atoms with Crippen LogP contribution in [0.5, 0.6) is 0 Å². The summed E-state index contributed by atoms with van der Waals surface area (Å²) in [7, 11) is 3.25. The van der Waals surface area contributed by atoms with Crippen molar-refractivity contribution in [3.63, 3.8) is 0 Å². The van der Waals surface area contributed by atoms with E-state index >= 15 is 0 Å². The van der Waals surface area contributed by atoms with Gasteiger partial charge in [0, 0.05) is 32.8 Å². The molecule has 0 aliphatic carbocycles. The molecule has 0 unspecified atom stereocenters. The molecule has 5 nitrogen and oxygen atoms in total. The van der Waals surface area contributed by atoms with Crippen LogP contribution >= 0.6 is 0 Å². The molecule has 0 aromatic carbocycles. The van der Waals surface area contributed by atoms with Crippen LogP contribution < -0.4 is 0 Å². The molecule has 0 heterocycles. The first kappa shape index (κ1) is 16.8. The first-order valence-electron chi connectivity index (χ1n) is 5.90. The second kappa shape index (κ2) is 9.79. The zero-order valence-corrected chi connectivity index (χ0v) is 11.8. The van der Waals surface area contributed by atoms with Crippen LogP contribution in [0.3, 0.4) is 0 Å². The second-order valence-electron chi connectivity index (χ2n) is 4.79. The normalized spacial score (nSPS) is 12.4. The number of hydrogen-bond acceptors (Lipinski definition) is 5. The van der Waals surface area contributed by atoms with Gasteiger partial charge in [0.1, 0.15) is 13.6 Å². The number of methoxy groups -OCH3 is 2. The number of rotatable bonds is 10. The summed E-state index contributed by atoms with van der Waals surface area (Å²) in [6.45, 7) is 10.3. The van der Waals surface area contributed by atoms with E-state index < -0.39 is 0 Å². The topological polar surface area (TPSA) is 40.2 Å². The SMILES string of the molecule is COCOCCN(CCOCOC)C(C)(C)C. The molecule has 0 amide bonds. The average molecular weight is 249 g/mol. The molecule has 5 heteroatoms. The van der Waals surface area contributed by atoms with Crippen molar-refractivity contribution in [3.05, 3.63) is 0 Å². The van der Waals surface area contributed by atoms with Gasteiger partial charge in [0.15, 0.2) is 0 Å². The predicted octanol–water partition coefficient (Wildman–Crippen LogP) is 1.33. The van der Waals surface area contributed by atoms with Crippen LogP contribution in [0.15, 0.2) is 0 Å². The quantitative estimate of drug-likeness (QED) is 0.431. The zero-order valence-electron chi connectivity index (χ0n) is 11.8. The molecule has 0 aromatic heterocycles. The van der Waals surface area contributed by atoms with Crippen LogP contribution in [0, 0.1) is 0 Å². The summed E-state index contributed by atoms with van der Waals surface area (Å²) in [5, 5.41) is 0. The molecule has 0 aliphatic rings. The summed E-state index contributed by atoms with van der Waals surface area (Å²) < 4.78 is 20.3. The van der Waals surface area contributed by atoms with E-state index in [0.717, 1.165) is 13.1 Å². The first-order valence-corrected chi connectivity index (χ1v) is 5.90. The van der Waals surface area contributed by atoms with Gasteiger partial charge < -0.3 is 18.9 Å². The van der Waals surface area contributed by atoms with Crippen molar-refractivity contribution in [3.8, 4) is 0 Å². The smallest absolute Gasteiger partial charge is 0.146 e. The van der Waals surface area contributed by atoms with Gasteiger partial charge in [0.05, 0.1) is 13.2 Å². The highest BCUT2D eigenvalue weighted by Gasteiger charge is 2.20. The summed E-state index contributed by atoms with van der Waals surface area (Å²) in [5.41, 5.74) is 0.104. The number of nitrogens with zero attached hydrogens (tertiary/aromatic N) is 1. The lowest BCUT2D eigenvalue weighted by atomic mass is 10.1. The molecule has 0 bridgehead atoms. The van der Waals surface area contributed by atoms with E-state index in [1.54, 1.807) is 14.2 Å². The maximum Gasteiger partial charge on any atom is 0.146 e. The van der Waals surface area contributed by atoms with Gasteiger partial charge >= 0.3 is 0 Å². The maximum absolute atomic E-state index is 5.31. The predicted molar refractivity (Wildman–Crippen MR) is 67.0 cm³/mol.